The first kappa shape index (κ1) is 12.6. The molecule has 1 aromatic carbocycles. The molecule has 0 spiro atoms. The number of allylic oxidation sites excluding steroid dienone is 1. The van der Waals surface area contributed by atoms with Gasteiger partial charge in [0.15, 0.2) is 0 Å². The maximum Gasteiger partial charge on any atom is 0.269 e. The third-order valence-corrected chi connectivity index (χ3v) is 2.56. The molecule has 0 radical (unpaired) electrons. The molecule has 1 aromatic heterocycles. The Bertz CT molecular complexity index is 675. The summed E-state index contributed by atoms with van der Waals surface area (Å²) in [5, 5.41) is 19.7. The molecule has 94 valence electrons. The van der Waals surface area contributed by atoms with Crippen molar-refractivity contribution in [3.05, 3.63) is 63.6 Å². The zero-order chi connectivity index (χ0) is 13.8. The Kier molecular flexibility index (Phi) is 3.44. The summed E-state index contributed by atoms with van der Waals surface area (Å²) >= 11 is 0. The first-order chi connectivity index (χ1) is 9.10. The molecule has 0 N–H and O–H groups in total. The summed E-state index contributed by atoms with van der Waals surface area (Å²) < 4.78 is 5.36. The van der Waals surface area contributed by atoms with Crippen molar-refractivity contribution in [2.24, 2.45) is 0 Å². The molecule has 0 atom stereocenters. The van der Waals surface area contributed by atoms with Crippen LogP contribution in [0.15, 0.2) is 40.8 Å². The topological polar surface area (TPSA) is 80.1 Å². The average Bonchev–Trinajstić information content (AvgIpc) is 2.81. The summed E-state index contributed by atoms with van der Waals surface area (Å²) in [7, 11) is 0. The highest BCUT2D eigenvalue weighted by atomic mass is 16.6. The van der Waals surface area contributed by atoms with Crippen LogP contribution in [0.2, 0.25) is 0 Å². The van der Waals surface area contributed by atoms with Crippen LogP contribution in [0.1, 0.15) is 17.1 Å². The van der Waals surface area contributed by atoms with Crippen molar-refractivity contribution in [1.82, 2.24) is 0 Å². The summed E-state index contributed by atoms with van der Waals surface area (Å²) in [4.78, 5) is 10.1. The summed E-state index contributed by atoms with van der Waals surface area (Å²) in [5.74, 6) is 1.33. The number of rotatable bonds is 3. The number of nitro benzene ring substituents is 1. The van der Waals surface area contributed by atoms with Gasteiger partial charge in [-0.3, -0.25) is 10.1 Å². The Morgan fingerprint density at radius 3 is 2.47 bits per heavy atom. The van der Waals surface area contributed by atoms with Crippen LogP contribution in [0.3, 0.4) is 0 Å². The summed E-state index contributed by atoms with van der Waals surface area (Å²) in [6.07, 6.45) is 1.61. The lowest BCUT2D eigenvalue weighted by molar-refractivity contribution is -0.384. The highest BCUT2D eigenvalue weighted by molar-refractivity contribution is 5.88. The molecule has 0 saturated carbocycles. The van der Waals surface area contributed by atoms with Gasteiger partial charge in [-0.15, -0.1) is 0 Å². The number of non-ortho nitro benzene ring substituents is 1. The van der Waals surface area contributed by atoms with E-state index in [1.807, 2.05) is 6.92 Å². The number of furan rings is 1. The van der Waals surface area contributed by atoms with E-state index >= 15 is 0 Å². The molecular weight excluding hydrogens is 244 g/mol. The average molecular weight is 254 g/mol. The van der Waals surface area contributed by atoms with Crippen LogP contribution in [0.25, 0.3) is 11.6 Å². The van der Waals surface area contributed by atoms with Gasteiger partial charge < -0.3 is 4.42 Å². The first-order valence-corrected chi connectivity index (χ1v) is 5.53. The fourth-order valence-electron chi connectivity index (χ4n) is 1.62. The van der Waals surface area contributed by atoms with Crippen LogP contribution in [-0.2, 0) is 0 Å². The fourth-order valence-corrected chi connectivity index (χ4v) is 1.62. The zero-order valence-electron chi connectivity index (χ0n) is 10.2. The Balaban J connectivity index is 2.35. The minimum atomic E-state index is -0.477. The largest absolute Gasteiger partial charge is 0.462 e. The van der Waals surface area contributed by atoms with Gasteiger partial charge in [0, 0.05) is 12.1 Å². The second-order valence-corrected chi connectivity index (χ2v) is 3.92. The predicted molar refractivity (Wildman–Crippen MR) is 70.0 cm³/mol. The minimum absolute atomic E-state index is 0.00474. The first-order valence-electron chi connectivity index (χ1n) is 5.53. The van der Waals surface area contributed by atoms with Crippen LogP contribution in [0.5, 0.6) is 0 Å². The van der Waals surface area contributed by atoms with E-state index in [2.05, 4.69) is 6.07 Å². The molecule has 0 unspecified atom stereocenters. The number of nitrogens with zero attached hydrogens (tertiary/aromatic N) is 2. The predicted octanol–water partition coefficient (Wildman–Crippen LogP) is 3.56. The van der Waals surface area contributed by atoms with Crippen molar-refractivity contribution in [3.8, 4) is 6.07 Å². The fraction of sp³-hybridized carbons (Fsp3) is 0.0714. The van der Waals surface area contributed by atoms with Crippen LogP contribution in [0, 0.1) is 28.4 Å². The Morgan fingerprint density at radius 2 is 2.00 bits per heavy atom. The van der Waals surface area contributed by atoms with Gasteiger partial charge in [-0.25, -0.2) is 0 Å². The number of hydrogen-bond donors (Lipinski definition) is 0. The molecule has 0 amide bonds. The standard InChI is InChI=1S/C14H10N2O3/c1-10-2-7-14(19-10)8-12(9-15)11-3-5-13(6-4-11)16(17)18/h2-8H,1H3/b12-8-. The van der Waals surface area contributed by atoms with E-state index in [4.69, 9.17) is 9.68 Å². The molecule has 2 rings (SSSR count). The third-order valence-electron chi connectivity index (χ3n) is 2.56. The maximum absolute atomic E-state index is 10.6. The molecule has 0 aliphatic rings. The van der Waals surface area contributed by atoms with Crippen LogP contribution >= 0.6 is 0 Å². The molecule has 0 aliphatic heterocycles. The van der Waals surface area contributed by atoms with Crippen LogP contribution in [-0.4, -0.2) is 4.92 Å². The maximum atomic E-state index is 10.6. The van der Waals surface area contributed by atoms with Gasteiger partial charge in [0.05, 0.1) is 16.6 Å². The van der Waals surface area contributed by atoms with Crippen molar-refractivity contribution >= 4 is 17.3 Å². The Labute approximate surface area is 109 Å². The van der Waals surface area contributed by atoms with E-state index in [1.54, 1.807) is 30.3 Å². The molecule has 0 bridgehead atoms. The van der Waals surface area contributed by atoms with E-state index in [9.17, 15) is 10.1 Å². The Morgan fingerprint density at radius 1 is 1.32 bits per heavy atom. The number of hydrogen-bond acceptors (Lipinski definition) is 4. The van der Waals surface area contributed by atoms with Crippen molar-refractivity contribution in [2.45, 2.75) is 6.92 Å². The zero-order valence-corrected chi connectivity index (χ0v) is 10.2. The summed E-state index contributed by atoms with van der Waals surface area (Å²) in [6.45, 7) is 1.81. The van der Waals surface area contributed by atoms with Crippen molar-refractivity contribution in [2.75, 3.05) is 0 Å². The highest BCUT2D eigenvalue weighted by Gasteiger charge is 2.07. The number of benzene rings is 1. The molecule has 5 nitrogen and oxygen atoms in total. The van der Waals surface area contributed by atoms with Gasteiger partial charge in [0.1, 0.15) is 11.5 Å². The molecule has 0 fully saturated rings. The van der Waals surface area contributed by atoms with Gasteiger partial charge in [-0.05, 0) is 42.8 Å². The van der Waals surface area contributed by atoms with Gasteiger partial charge in [-0.1, -0.05) is 0 Å². The molecule has 2 aromatic rings. The number of nitro groups is 1. The quantitative estimate of drug-likeness (QED) is 0.476. The minimum Gasteiger partial charge on any atom is -0.462 e. The van der Waals surface area contributed by atoms with E-state index in [1.165, 1.54) is 12.1 Å². The SMILES string of the molecule is Cc1ccc(/C=C(/C#N)c2ccc([N+](=O)[O-])cc2)o1. The normalized spacial score (nSPS) is 11.1. The van der Waals surface area contributed by atoms with Crippen LogP contribution in [0.4, 0.5) is 5.69 Å². The van der Waals surface area contributed by atoms with Gasteiger partial charge in [0.2, 0.25) is 0 Å². The molecular formula is C14H10N2O3. The second-order valence-electron chi connectivity index (χ2n) is 3.92. The molecule has 1 heterocycles. The lowest BCUT2D eigenvalue weighted by Crippen LogP contribution is -1.88. The number of nitriles is 1. The lowest BCUT2D eigenvalue weighted by atomic mass is 10.1. The van der Waals surface area contributed by atoms with E-state index in [0.29, 0.717) is 16.9 Å². The molecule has 0 saturated heterocycles. The van der Waals surface area contributed by atoms with E-state index in [-0.39, 0.29) is 5.69 Å². The smallest absolute Gasteiger partial charge is 0.269 e. The van der Waals surface area contributed by atoms with Crippen LogP contribution < -0.4 is 0 Å². The van der Waals surface area contributed by atoms with Crippen molar-refractivity contribution < 1.29 is 9.34 Å². The Hall–Kier alpha value is -2.87. The van der Waals surface area contributed by atoms with Gasteiger partial charge in [-0.2, -0.15) is 5.26 Å². The summed E-state index contributed by atoms with van der Waals surface area (Å²) in [5.41, 5.74) is 1.00. The third kappa shape index (κ3) is 2.87. The highest BCUT2D eigenvalue weighted by Crippen LogP contribution is 2.21. The molecule has 5 heteroatoms. The lowest BCUT2D eigenvalue weighted by Gasteiger charge is -1.98. The monoisotopic (exact) mass is 254 g/mol. The summed E-state index contributed by atoms with van der Waals surface area (Å²) in [6, 6.07) is 11.4. The van der Waals surface area contributed by atoms with Crippen molar-refractivity contribution in [3.63, 3.8) is 0 Å². The molecule has 0 aliphatic carbocycles. The van der Waals surface area contributed by atoms with E-state index in [0.717, 1.165) is 5.76 Å². The van der Waals surface area contributed by atoms with Crippen molar-refractivity contribution in [1.29, 1.82) is 5.26 Å². The van der Waals surface area contributed by atoms with E-state index < -0.39 is 4.92 Å². The molecule has 19 heavy (non-hydrogen) atoms. The van der Waals surface area contributed by atoms with Gasteiger partial charge >= 0.3 is 0 Å². The number of aryl methyl sites for hydroxylation is 1. The van der Waals surface area contributed by atoms with Gasteiger partial charge in [0.25, 0.3) is 5.69 Å². The second kappa shape index (κ2) is 5.19.